The largest absolute Gasteiger partial charge is 0.336 e. The Morgan fingerprint density at radius 1 is 1.41 bits per heavy atom. The van der Waals surface area contributed by atoms with Gasteiger partial charge in [0.05, 0.1) is 0 Å². The van der Waals surface area contributed by atoms with Crippen molar-refractivity contribution in [3.05, 3.63) is 0 Å². The van der Waals surface area contributed by atoms with Gasteiger partial charge in [-0.1, -0.05) is 13.8 Å². The molecule has 1 aliphatic heterocycles. The van der Waals surface area contributed by atoms with Crippen molar-refractivity contribution in [2.75, 3.05) is 26.2 Å². The van der Waals surface area contributed by atoms with Crippen molar-refractivity contribution in [3.8, 4) is 0 Å². The first kappa shape index (κ1) is 12.7. The zero-order chi connectivity index (χ0) is 12.3. The van der Waals surface area contributed by atoms with Gasteiger partial charge in [-0.3, -0.25) is 0 Å². The molecule has 1 saturated heterocycles. The summed E-state index contributed by atoms with van der Waals surface area (Å²) < 4.78 is 0. The molecule has 0 aromatic carbocycles. The summed E-state index contributed by atoms with van der Waals surface area (Å²) in [5, 5.41) is 6.41. The fourth-order valence-electron chi connectivity index (χ4n) is 2.73. The van der Waals surface area contributed by atoms with Gasteiger partial charge in [0.25, 0.3) is 0 Å². The van der Waals surface area contributed by atoms with Crippen molar-refractivity contribution in [2.45, 2.75) is 45.6 Å². The molecule has 2 amide bonds. The molecule has 2 N–H and O–H groups in total. The summed E-state index contributed by atoms with van der Waals surface area (Å²) in [6.07, 6.45) is 5.18. The second-order valence-electron chi connectivity index (χ2n) is 6.11. The average molecular weight is 239 g/mol. The van der Waals surface area contributed by atoms with Gasteiger partial charge >= 0.3 is 6.03 Å². The predicted octanol–water partition coefficient (Wildman–Crippen LogP) is 1.57. The van der Waals surface area contributed by atoms with Crippen molar-refractivity contribution in [1.29, 1.82) is 0 Å². The van der Waals surface area contributed by atoms with E-state index in [4.69, 9.17) is 0 Å². The third-order valence-electron chi connectivity index (χ3n) is 4.10. The van der Waals surface area contributed by atoms with Crippen LogP contribution in [0.25, 0.3) is 0 Å². The topological polar surface area (TPSA) is 44.4 Å². The highest BCUT2D eigenvalue weighted by Crippen LogP contribution is 2.34. The second kappa shape index (κ2) is 5.25. The standard InChI is InChI=1S/C13H25N3O/c1-13(2)5-3-11(4-6-13)14-7-9-16-10-8-15-12(16)17/h11,14H,3-10H2,1-2H3,(H,15,17). The summed E-state index contributed by atoms with van der Waals surface area (Å²) in [7, 11) is 0. The van der Waals surface area contributed by atoms with Crippen LogP contribution in [0.1, 0.15) is 39.5 Å². The monoisotopic (exact) mass is 239 g/mol. The number of hydrogen-bond acceptors (Lipinski definition) is 2. The van der Waals surface area contributed by atoms with Crippen molar-refractivity contribution in [2.24, 2.45) is 5.41 Å². The predicted molar refractivity (Wildman–Crippen MR) is 69.0 cm³/mol. The summed E-state index contributed by atoms with van der Waals surface area (Å²) in [4.78, 5) is 13.2. The van der Waals surface area contributed by atoms with Crippen LogP contribution in [-0.4, -0.2) is 43.2 Å². The van der Waals surface area contributed by atoms with Crippen LogP contribution < -0.4 is 10.6 Å². The van der Waals surface area contributed by atoms with Crippen LogP contribution >= 0.6 is 0 Å². The third kappa shape index (κ3) is 3.60. The SMILES string of the molecule is CC1(C)CCC(NCCN2CCNC2=O)CC1. The molecule has 0 unspecified atom stereocenters. The molecule has 2 rings (SSSR count). The Morgan fingerprint density at radius 2 is 2.12 bits per heavy atom. The van der Waals surface area contributed by atoms with Crippen LogP contribution in [0.3, 0.4) is 0 Å². The summed E-state index contributed by atoms with van der Waals surface area (Å²) in [5.41, 5.74) is 0.535. The molecule has 0 spiro atoms. The van der Waals surface area contributed by atoms with Crippen LogP contribution in [0.2, 0.25) is 0 Å². The lowest BCUT2D eigenvalue weighted by Gasteiger charge is -2.35. The summed E-state index contributed by atoms with van der Waals surface area (Å²) in [5.74, 6) is 0. The maximum atomic E-state index is 11.3. The van der Waals surface area contributed by atoms with E-state index in [1.54, 1.807) is 0 Å². The van der Waals surface area contributed by atoms with E-state index in [0.717, 1.165) is 26.2 Å². The van der Waals surface area contributed by atoms with Crippen molar-refractivity contribution >= 4 is 6.03 Å². The Kier molecular flexibility index (Phi) is 3.92. The fourth-order valence-corrected chi connectivity index (χ4v) is 2.73. The van der Waals surface area contributed by atoms with Crippen LogP contribution in [-0.2, 0) is 0 Å². The van der Waals surface area contributed by atoms with Crippen LogP contribution in [0.15, 0.2) is 0 Å². The van der Waals surface area contributed by atoms with E-state index in [-0.39, 0.29) is 6.03 Å². The zero-order valence-corrected chi connectivity index (χ0v) is 11.1. The highest BCUT2D eigenvalue weighted by atomic mass is 16.2. The first-order chi connectivity index (χ1) is 8.07. The van der Waals surface area contributed by atoms with Gasteiger partial charge in [-0.2, -0.15) is 0 Å². The van der Waals surface area contributed by atoms with Gasteiger partial charge in [0, 0.05) is 32.2 Å². The lowest BCUT2D eigenvalue weighted by molar-refractivity contribution is 0.199. The van der Waals surface area contributed by atoms with E-state index in [2.05, 4.69) is 24.5 Å². The highest BCUT2D eigenvalue weighted by Gasteiger charge is 2.26. The molecule has 17 heavy (non-hydrogen) atoms. The van der Waals surface area contributed by atoms with Gasteiger partial charge in [0.1, 0.15) is 0 Å². The molecular weight excluding hydrogens is 214 g/mol. The molecule has 2 fully saturated rings. The van der Waals surface area contributed by atoms with Crippen molar-refractivity contribution in [3.63, 3.8) is 0 Å². The molecule has 0 atom stereocenters. The van der Waals surface area contributed by atoms with Gasteiger partial charge in [-0.25, -0.2) is 4.79 Å². The van der Waals surface area contributed by atoms with E-state index in [0.29, 0.717) is 11.5 Å². The van der Waals surface area contributed by atoms with Crippen molar-refractivity contribution < 1.29 is 4.79 Å². The number of carbonyl (C=O) groups is 1. The normalized spacial score (nSPS) is 25.1. The Labute approximate surface area is 104 Å². The first-order valence-corrected chi connectivity index (χ1v) is 6.83. The molecule has 98 valence electrons. The quantitative estimate of drug-likeness (QED) is 0.782. The number of rotatable bonds is 4. The van der Waals surface area contributed by atoms with Gasteiger partial charge in [0.15, 0.2) is 0 Å². The number of urea groups is 1. The average Bonchev–Trinajstić information content (AvgIpc) is 2.67. The fraction of sp³-hybridized carbons (Fsp3) is 0.923. The molecule has 1 aliphatic carbocycles. The van der Waals surface area contributed by atoms with Crippen molar-refractivity contribution in [1.82, 2.24) is 15.5 Å². The van der Waals surface area contributed by atoms with Crippen LogP contribution in [0.5, 0.6) is 0 Å². The molecular formula is C13H25N3O. The minimum absolute atomic E-state index is 0.0941. The maximum absolute atomic E-state index is 11.3. The van der Waals surface area contributed by atoms with Gasteiger partial charge in [-0.15, -0.1) is 0 Å². The minimum atomic E-state index is 0.0941. The third-order valence-corrected chi connectivity index (χ3v) is 4.10. The van der Waals surface area contributed by atoms with Crippen LogP contribution in [0, 0.1) is 5.41 Å². The molecule has 4 heteroatoms. The summed E-state index contributed by atoms with van der Waals surface area (Å²) >= 11 is 0. The molecule has 0 radical (unpaired) electrons. The second-order valence-corrected chi connectivity index (χ2v) is 6.11. The molecule has 0 bridgehead atoms. The van der Waals surface area contributed by atoms with Gasteiger partial charge < -0.3 is 15.5 Å². The Morgan fingerprint density at radius 3 is 2.71 bits per heavy atom. The Balaban J connectivity index is 1.61. The van der Waals surface area contributed by atoms with E-state index < -0.39 is 0 Å². The summed E-state index contributed by atoms with van der Waals surface area (Å²) in [6.45, 7) is 8.15. The lowest BCUT2D eigenvalue weighted by atomic mass is 9.75. The Bertz CT molecular complexity index is 268. The number of nitrogens with one attached hydrogen (secondary N) is 2. The first-order valence-electron chi connectivity index (χ1n) is 6.83. The number of hydrogen-bond donors (Lipinski definition) is 2. The molecule has 4 nitrogen and oxygen atoms in total. The van der Waals surface area contributed by atoms with Crippen LogP contribution in [0.4, 0.5) is 4.79 Å². The number of carbonyl (C=O) groups excluding carboxylic acids is 1. The lowest BCUT2D eigenvalue weighted by Crippen LogP contribution is -2.41. The summed E-state index contributed by atoms with van der Waals surface area (Å²) in [6, 6.07) is 0.755. The highest BCUT2D eigenvalue weighted by molar-refractivity contribution is 5.76. The van der Waals surface area contributed by atoms with E-state index in [1.165, 1.54) is 25.7 Å². The van der Waals surface area contributed by atoms with E-state index >= 15 is 0 Å². The number of amides is 2. The number of nitrogens with zero attached hydrogens (tertiary/aromatic N) is 1. The van der Waals surface area contributed by atoms with E-state index in [1.807, 2.05) is 4.90 Å². The minimum Gasteiger partial charge on any atom is -0.336 e. The zero-order valence-electron chi connectivity index (χ0n) is 11.1. The maximum Gasteiger partial charge on any atom is 0.317 e. The molecule has 2 aliphatic rings. The molecule has 1 heterocycles. The molecule has 0 aromatic heterocycles. The van der Waals surface area contributed by atoms with E-state index in [9.17, 15) is 4.79 Å². The van der Waals surface area contributed by atoms with Gasteiger partial charge in [0.2, 0.25) is 0 Å². The molecule has 1 saturated carbocycles. The smallest absolute Gasteiger partial charge is 0.317 e. The molecule has 0 aromatic rings. The Hall–Kier alpha value is -0.770. The van der Waals surface area contributed by atoms with Gasteiger partial charge in [-0.05, 0) is 31.1 Å².